The number of rotatable bonds is 4. The van der Waals surface area contributed by atoms with Gasteiger partial charge in [-0.15, -0.1) is 0 Å². The molecule has 0 atom stereocenters. The second-order valence-electron chi connectivity index (χ2n) is 4.57. The first-order chi connectivity index (χ1) is 10.8. The lowest BCUT2D eigenvalue weighted by atomic mass is 10.2. The SMILES string of the molecule is O=C(NCc1cc(-c2ccccc2)on1)Nc1ccccn1. The van der Waals surface area contributed by atoms with E-state index in [1.165, 1.54) is 0 Å². The standard InChI is InChI=1S/C16H14N4O2/c21-16(19-15-8-4-5-9-17-15)18-11-13-10-14(22-20-13)12-6-2-1-3-7-12/h1-10H,11H2,(H2,17,18,19,21). The molecule has 0 spiro atoms. The number of carbonyl (C=O) groups excluding carboxylic acids is 1. The molecule has 0 aliphatic carbocycles. The molecule has 0 bridgehead atoms. The highest BCUT2D eigenvalue weighted by Crippen LogP contribution is 2.19. The summed E-state index contributed by atoms with van der Waals surface area (Å²) in [4.78, 5) is 15.8. The van der Waals surface area contributed by atoms with Crippen LogP contribution in [-0.4, -0.2) is 16.2 Å². The van der Waals surface area contributed by atoms with Crippen molar-refractivity contribution in [2.24, 2.45) is 0 Å². The Kier molecular flexibility index (Phi) is 4.10. The summed E-state index contributed by atoms with van der Waals surface area (Å²) in [6.45, 7) is 0.273. The number of aromatic nitrogens is 2. The molecule has 0 radical (unpaired) electrons. The van der Waals surface area contributed by atoms with Gasteiger partial charge in [-0.3, -0.25) is 5.32 Å². The lowest BCUT2D eigenvalue weighted by Crippen LogP contribution is -2.28. The van der Waals surface area contributed by atoms with Crippen LogP contribution in [0.15, 0.2) is 65.3 Å². The molecule has 0 saturated heterocycles. The zero-order valence-corrected chi connectivity index (χ0v) is 11.7. The van der Waals surface area contributed by atoms with Gasteiger partial charge in [0.25, 0.3) is 0 Å². The first-order valence-electron chi connectivity index (χ1n) is 6.78. The topological polar surface area (TPSA) is 80.0 Å². The van der Waals surface area contributed by atoms with E-state index in [0.717, 1.165) is 5.56 Å². The summed E-state index contributed by atoms with van der Waals surface area (Å²) >= 11 is 0. The molecule has 6 heteroatoms. The summed E-state index contributed by atoms with van der Waals surface area (Å²) in [5.74, 6) is 1.16. The molecule has 3 rings (SSSR count). The minimum absolute atomic E-state index is 0.273. The van der Waals surface area contributed by atoms with Gasteiger partial charge in [0.2, 0.25) is 0 Å². The van der Waals surface area contributed by atoms with E-state index in [4.69, 9.17) is 4.52 Å². The number of nitrogens with zero attached hydrogens (tertiary/aromatic N) is 2. The lowest BCUT2D eigenvalue weighted by molar-refractivity contribution is 0.251. The van der Waals surface area contributed by atoms with Crippen LogP contribution in [0.2, 0.25) is 0 Å². The smallest absolute Gasteiger partial charge is 0.320 e. The molecule has 2 heterocycles. The lowest BCUT2D eigenvalue weighted by Gasteiger charge is -2.04. The van der Waals surface area contributed by atoms with Gasteiger partial charge in [-0.05, 0) is 12.1 Å². The predicted octanol–water partition coefficient (Wildman–Crippen LogP) is 3.06. The average Bonchev–Trinajstić information content (AvgIpc) is 3.04. The van der Waals surface area contributed by atoms with Crippen molar-refractivity contribution >= 4 is 11.8 Å². The quantitative estimate of drug-likeness (QED) is 0.775. The Labute approximate surface area is 127 Å². The van der Waals surface area contributed by atoms with Crippen molar-refractivity contribution in [1.82, 2.24) is 15.5 Å². The fourth-order valence-corrected chi connectivity index (χ4v) is 1.90. The minimum Gasteiger partial charge on any atom is -0.356 e. The van der Waals surface area contributed by atoms with Gasteiger partial charge < -0.3 is 9.84 Å². The zero-order valence-electron chi connectivity index (χ0n) is 11.7. The van der Waals surface area contributed by atoms with Gasteiger partial charge >= 0.3 is 6.03 Å². The monoisotopic (exact) mass is 294 g/mol. The summed E-state index contributed by atoms with van der Waals surface area (Å²) in [5.41, 5.74) is 1.59. The predicted molar refractivity (Wildman–Crippen MR) is 82.0 cm³/mol. The Morgan fingerprint density at radius 1 is 1.09 bits per heavy atom. The molecule has 0 unspecified atom stereocenters. The van der Waals surface area contributed by atoms with Crippen LogP contribution in [0.25, 0.3) is 11.3 Å². The Hall–Kier alpha value is -3.15. The van der Waals surface area contributed by atoms with Gasteiger partial charge in [-0.1, -0.05) is 41.6 Å². The highest BCUT2D eigenvalue weighted by Gasteiger charge is 2.08. The van der Waals surface area contributed by atoms with Gasteiger partial charge in [-0.25, -0.2) is 9.78 Å². The van der Waals surface area contributed by atoms with E-state index in [1.54, 1.807) is 30.5 Å². The largest absolute Gasteiger partial charge is 0.356 e. The van der Waals surface area contributed by atoms with E-state index in [1.807, 2.05) is 30.3 Å². The number of nitrogens with one attached hydrogen (secondary N) is 2. The summed E-state index contributed by atoms with van der Waals surface area (Å²) < 4.78 is 5.27. The van der Waals surface area contributed by atoms with Crippen LogP contribution in [-0.2, 0) is 6.54 Å². The van der Waals surface area contributed by atoms with Crippen molar-refractivity contribution in [2.75, 3.05) is 5.32 Å². The van der Waals surface area contributed by atoms with E-state index < -0.39 is 0 Å². The second kappa shape index (κ2) is 6.53. The van der Waals surface area contributed by atoms with Crippen LogP contribution in [0.5, 0.6) is 0 Å². The molecule has 110 valence electrons. The fourth-order valence-electron chi connectivity index (χ4n) is 1.90. The molecular formula is C16H14N4O2. The number of pyridine rings is 1. The summed E-state index contributed by atoms with van der Waals surface area (Å²) in [6, 6.07) is 16.4. The van der Waals surface area contributed by atoms with Crippen molar-refractivity contribution in [3.05, 3.63) is 66.5 Å². The van der Waals surface area contributed by atoms with E-state index in [0.29, 0.717) is 17.3 Å². The maximum atomic E-state index is 11.7. The molecule has 0 aliphatic rings. The maximum Gasteiger partial charge on any atom is 0.320 e. The summed E-state index contributed by atoms with van der Waals surface area (Å²) in [5, 5.41) is 9.27. The molecule has 2 N–H and O–H groups in total. The van der Waals surface area contributed by atoms with Gasteiger partial charge in [0.15, 0.2) is 5.76 Å². The van der Waals surface area contributed by atoms with E-state index in [-0.39, 0.29) is 12.6 Å². The van der Waals surface area contributed by atoms with Crippen molar-refractivity contribution in [1.29, 1.82) is 0 Å². The first kappa shape index (κ1) is 13.8. The van der Waals surface area contributed by atoms with Crippen LogP contribution in [0, 0.1) is 0 Å². The highest BCUT2D eigenvalue weighted by molar-refractivity contribution is 5.88. The molecule has 2 amide bonds. The fraction of sp³-hybridized carbons (Fsp3) is 0.0625. The molecule has 0 saturated carbocycles. The molecule has 0 fully saturated rings. The van der Waals surface area contributed by atoms with Crippen LogP contribution in [0.4, 0.5) is 10.6 Å². The molecular weight excluding hydrogens is 280 g/mol. The Balaban J connectivity index is 1.56. The van der Waals surface area contributed by atoms with Gasteiger partial charge in [0.1, 0.15) is 11.5 Å². The van der Waals surface area contributed by atoms with Crippen molar-refractivity contribution in [3.8, 4) is 11.3 Å². The first-order valence-corrected chi connectivity index (χ1v) is 6.78. The summed E-state index contributed by atoms with van der Waals surface area (Å²) in [6.07, 6.45) is 1.61. The zero-order chi connectivity index (χ0) is 15.2. The van der Waals surface area contributed by atoms with E-state index in [9.17, 15) is 4.79 Å². The Morgan fingerprint density at radius 2 is 1.91 bits per heavy atom. The number of hydrogen-bond donors (Lipinski definition) is 2. The van der Waals surface area contributed by atoms with Crippen molar-refractivity contribution in [3.63, 3.8) is 0 Å². The Bertz CT molecular complexity index is 741. The van der Waals surface area contributed by atoms with Crippen molar-refractivity contribution in [2.45, 2.75) is 6.54 Å². The number of urea groups is 1. The molecule has 2 aromatic heterocycles. The third-order valence-electron chi connectivity index (χ3n) is 2.95. The number of hydrogen-bond acceptors (Lipinski definition) is 4. The number of anilines is 1. The van der Waals surface area contributed by atoms with Gasteiger partial charge in [0.05, 0.1) is 6.54 Å². The third kappa shape index (κ3) is 3.49. The van der Waals surface area contributed by atoms with Crippen molar-refractivity contribution < 1.29 is 9.32 Å². The van der Waals surface area contributed by atoms with Gasteiger partial charge in [-0.2, -0.15) is 0 Å². The van der Waals surface area contributed by atoms with Crippen LogP contribution in [0.1, 0.15) is 5.69 Å². The van der Waals surface area contributed by atoms with E-state index in [2.05, 4.69) is 20.8 Å². The second-order valence-corrected chi connectivity index (χ2v) is 4.57. The average molecular weight is 294 g/mol. The molecule has 1 aromatic carbocycles. The number of benzene rings is 1. The van der Waals surface area contributed by atoms with Crippen LogP contribution in [0.3, 0.4) is 0 Å². The molecule has 3 aromatic rings. The molecule has 22 heavy (non-hydrogen) atoms. The van der Waals surface area contributed by atoms with E-state index >= 15 is 0 Å². The number of amides is 2. The van der Waals surface area contributed by atoms with Crippen LogP contribution >= 0.6 is 0 Å². The van der Waals surface area contributed by atoms with Gasteiger partial charge in [0, 0.05) is 17.8 Å². The third-order valence-corrected chi connectivity index (χ3v) is 2.95. The molecule has 6 nitrogen and oxygen atoms in total. The normalized spacial score (nSPS) is 10.2. The Morgan fingerprint density at radius 3 is 2.68 bits per heavy atom. The number of carbonyl (C=O) groups is 1. The molecule has 0 aliphatic heterocycles. The highest BCUT2D eigenvalue weighted by atomic mass is 16.5. The minimum atomic E-state index is -0.344. The maximum absolute atomic E-state index is 11.7. The van der Waals surface area contributed by atoms with Crippen LogP contribution < -0.4 is 10.6 Å². The summed E-state index contributed by atoms with van der Waals surface area (Å²) in [7, 11) is 0.